The summed E-state index contributed by atoms with van der Waals surface area (Å²) in [5.41, 5.74) is 3.99. The molecule has 3 N–H and O–H groups in total. The number of aromatic hydroxyl groups is 1. The number of halogens is 4. The van der Waals surface area contributed by atoms with Gasteiger partial charge in [0.25, 0.3) is 0 Å². The molecule has 0 aromatic heterocycles. The number of hydrogen-bond acceptors (Lipinski definition) is 4. The highest BCUT2D eigenvalue weighted by Crippen LogP contribution is 2.34. The molecular weight excluding hydrogens is 410 g/mol. The number of alkyl halides is 3. The molecule has 1 unspecified atom stereocenters. The summed E-state index contributed by atoms with van der Waals surface area (Å²) in [6.45, 7) is 8.46. The van der Waals surface area contributed by atoms with Gasteiger partial charge in [-0.3, -0.25) is 4.99 Å². The highest BCUT2D eigenvalue weighted by atomic mass is 19.4. The van der Waals surface area contributed by atoms with Gasteiger partial charge in [0.05, 0.1) is 29.1 Å². The predicted molar refractivity (Wildman–Crippen MR) is 118 cm³/mol. The first-order chi connectivity index (χ1) is 14.5. The number of rotatable bonds is 7. The monoisotopic (exact) mass is 443 g/mol. The minimum Gasteiger partial charge on any atom is -0.507 e. The third-order valence-corrected chi connectivity index (χ3v) is 5.07. The largest absolute Gasteiger partial charge is 0.507 e. The average Bonchev–Trinajstić information content (AvgIpc) is 2.84. The molecule has 1 atom stereocenters. The molecule has 31 heavy (non-hydrogen) atoms. The highest BCUT2D eigenvalue weighted by molar-refractivity contribution is 6.48. The Hall–Kier alpha value is -2.38. The summed E-state index contributed by atoms with van der Waals surface area (Å²) in [6, 6.07) is 0.766. The van der Waals surface area contributed by atoms with Crippen LogP contribution in [0.2, 0.25) is 0 Å². The molecule has 1 aliphatic heterocycles. The predicted octanol–water partition coefficient (Wildman–Crippen LogP) is 6.62. The lowest BCUT2D eigenvalue weighted by Gasteiger charge is -2.13. The minimum atomic E-state index is -4.75. The highest BCUT2D eigenvalue weighted by Gasteiger charge is 2.33. The Labute approximate surface area is 182 Å². The van der Waals surface area contributed by atoms with Gasteiger partial charge in [-0.25, -0.2) is 9.38 Å². The zero-order valence-electron chi connectivity index (χ0n) is 18.7. The van der Waals surface area contributed by atoms with Gasteiger partial charge in [0.1, 0.15) is 17.4 Å². The van der Waals surface area contributed by atoms with Crippen LogP contribution in [0.15, 0.2) is 34.0 Å². The van der Waals surface area contributed by atoms with E-state index in [9.17, 15) is 22.7 Å². The van der Waals surface area contributed by atoms with Gasteiger partial charge in [0, 0.05) is 0 Å². The summed E-state index contributed by atoms with van der Waals surface area (Å²) in [7, 11) is 0. The molecule has 1 aromatic rings. The molecule has 1 aromatic carbocycles. The van der Waals surface area contributed by atoms with E-state index < -0.39 is 28.9 Å². The molecule has 0 fully saturated rings. The molecule has 0 spiro atoms. The number of nitrogens with two attached hydrogens (primary N) is 1. The van der Waals surface area contributed by atoms with Crippen LogP contribution in [0.1, 0.15) is 77.3 Å². The number of phenolic OH excluding ortho intramolecular Hbond substituents is 1. The Balaban J connectivity index is 0.000000407. The SMILES string of the molecule is CC1=NC(N)=CCN=C1c1c(O)cc(C(F)(F)F)cc1F.CCCCCCC(C)CC. The molecule has 0 saturated carbocycles. The van der Waals surface area contributed by atoms with Crippen molar-refractivity contribution >= 4 is 11.4 Å². The van der Waals surface area contributed by atoms with Gasteiger partial charge < -0.3 is 10.8 Å². The summed E-state index contributed by atoms with van der Waals surface area (Å²) < 4.78 is 51.7. The molecule has 2 rings (SSSR count). The van der Waals surface area contributed by atoms with E-state index in [2.05, 4.69) is 30.8 Å². The van der Waals surface area contributed by atoms with Crippen LogP contribution < -0.4 is 5.73 Å². The topological polar surface area (TPSA) is 71.0 Å². The van der Waals surface area contributed by atoms with Gasteiger partial charge in [-0.2, -0.15) is 13.2 Å². The zero-order chi connectivity index (χ0) is 23.6. The van der Waals surface area contributed by atoms with Gasteiger partial charge >= 0.3 is 6.18 Å². The standard InChI is InChI=1S/C13H11F4N3O.C10H22/c1-6-12(19-3-2-10(18)20-6)11-8(14)4-7(5-9(11)21)13(15,16)17;1-4-6-7-8-9-10(3)5-2/h2,4-5,21H,3,18H2,1H3;10H,4-9H2,1-3H3. The quantitative estimate of drug-likeness (QED) is 0.367. The fraction of sp³-hybridized carbons (Fsp3) is 0.565. The van der Waals surface area contributed by atoms with E-state index in [1.54, 1.807) is 0 Å². The Morgan fingerprint density at radius 2 is 1.84 bits per heavy atom. The Morgan fingerprint density at radius 3 is 2.39 bits per heavy atom. The second-order valence-corrected chi connectivity index (χ2v) is 7.73. The zero-order valence-corrected chi connectivity index (χ0v) is 18.7. The fourth-order valence-corrected chi connectivity index (χ4v) is 3.01. The van der Waals surface area contributed by atoms with Crippen molar-refractivity contribution < 1.29 is 22.7 Å². The van der Waals surface area contributed by atoms with Gasteiger partial charge in [0.15, 0.2) is 0 Å². The Bertz CT molecular complexity index is 791. The third kappa shape index (κ3) is 8.71. The molecule has 1 aliphatic rings. The smallest absolute Gasteiger partial charge is 0.416 e. The van der Waals surface area contributed by atoms with Crippen molar-refractivity contribution in [3.63, 3.8) is 0 Å². The van der Waals surface area contributed by atoms with Crippen molar-refractivity contribution in [1.29, 1.82) is 0 Å². The van der Waals surface area contributed by atoms with Crippen LogP contribution in [0, 0.1) is 11.7 Å². The lowest BCUT2D eigenvalue weighted by Crippen LogP contribution is -2.16. The Morgan fingerprint density at radius 1 is 1.16 bits per heavy atom. The molecule has 8 heteroatoms. The van der Waals surface area contributed by atoms with E-state index in [0.29, 0.717) is 12.1 Å². The van der Waals surface area contributed by atoms with Crippen LogP contribution in [0.25, 0.3) is 0 Å². The second kappa shape index (κ2) is 12.5. The number of nitrogens with zero attached hydrogens (tertiary/aromatic N) is 2. The molecule has 0 aliphatic carbocycles. The van der Waals surface area contributed by atoms with Crippen molar-refractivity contribution in [3.8, 4) is 5.75 Å². The van der Waals surface area contributed by atoms with Crippen molar-refractivity contribution in [2.24, 2.45) is 21.6 Å². The molecule has 174 valence electrons. The van der Waals surface area contributed by atoms with Crippen LogP contribution in [-0.2, 0) is 6.18 Å². The van der Waals surface area contributed by atoms with Gasteiger partial charge in [0.2, 0.25) is 0 Å². The molecule has 1 heterocycles. The van der Waals surface area contributed by atoms with E-state index >= 15 is 0 Å². The first-order valence-electron chi connectivity index (χ1n) is 10.7. The summed E-state index contributed by atoms with van der Waals surface area (Å²) in [6.07, 6.45) is 5.19. The van der Waals surface area contributed by atoms with E-state index in [1.165, 1.54) is 51.5 Å². The summed E-state index contributed by atoms with van der Waals surface area (Å²) >= 11 is 0. The van der Waals surface area contributed by atoms with Crippen molar-refractivity contribution in [2.75, 3.05) is 6.54 Å². The van der Waals surface area contributed by atoms with Gasteiger partial charge in [-0.15, -0.1) is 0 Å². The van der Waals surface area contributed by atoms with E-state index in [0.717, 1.165) is 5.92 Å². The van der Waals surface area contributed by atoms with Crippen molar-refractivity contribution in [3.05, 3.63) is 41.0 Å². The van der Waals surface area contributed by atoms with E-state index in [-0.39, 0.29) is 23.8 Å². The lowest BCUT2D eigenvalue weighted by molar-refractivity contribution is -0.137. The number of benzene rings is 1. The molecule has 0 saturated heterocycles. The maximum atomic E-state index is 14.0. The molecule has 4 nitrogen and oxygen atoms in total. The normalized spacial score (nSPS) is 15.2. The summed E-state index contributed by atoms with van der Waals surface area (Å²) in [5, 5.41) is 9.74. The first kappa shape index (κ1) is 26.7. The number of aliphatic imine (C=N–C) groups is 2. The number of hydrogen-bond donors (Lipinski definition) is 2. The number of unbranched alkanes of at least 4 members (excludes halogenated alkanes) is 3. The van der Waals surface area contributed by atoms with Crippen LogP contribution in [-0.4, -0.2) is 23.1 Å². The molecule has 0 radical (unpaired) electrons. The van der Waals surface area contributed by atoms with Crippen molar-refractivity contribution in [2.45, 2.75) is 72.4 Å². The minimum absolute atomic E-state index is 0.0320. The lowest BCUT2D eigenvalue weighted by atomic mass is 10.0. The van der Waals surface area contributed by atoms with Gasteiger partial charge in [-0.05, 0) is 31.1 Å². The summed E-state index contributed by atoms with van der Waals surface area (Å²) in [4.78, 5) is 7.90. The summed E-state index contributed by atoms with van der Waals surface area (Å²) in [5.74, 6) is -0.956. The third-order valence-electron chi connectivity index (χ3n) is 5.07. The number of phenols is 1. The average molecular weight is 444 g/mol. The van der Waals surface area contributed by atoms with Gasteiger partial charge in [-0.1, -0.05) is 59.3 Å². The Kier molecular flexibility index (Phi) is 10.7. The van der Waals surface area contributed by atoms with Crippen molar-refractivity contribution in [1.82, 2.24) is 0 Å². The van der Waals surface area contributed by atoms with Crippen LogP contribution in [0.4, 0.5) is 17.6 Å². The molecule has 0 amide bonds. The maximum Gasteiger partial charge on any atom is 0.416 e. The van der Waals surface area contributed by atoms with Crippen LogP contribution in [0.3, 0.4) is 0 Å². The van der Waals surface area contributed by atoms with Crippen LogP contribution >= 0.6 is 0 Å². The molecule has 0 bridgehead atoms. The van der Waals surface area contributed by atoms with E-state index in [1.807, 2.05) is 0 Å². The molecular formula is C23H33F4N3O. The van der Waals surface area contributed by atoms with Crippen LogP contribution in [0.5, 0.6) is 5.75 Å². The fourth-order valence-electron chi connectivity index (χ4n) is 3.01. The maximum absolute atomic E-state index is 14.0. The second-order valence-electron chi connectivity index (χ2n) is 7.73. The van der Waals surface area contributed by atoms with E-state index in [4.69, 9.17) is 5.73 Å². The first-order valence-corrected chi connectivity index (χ1v) is 10.7.